The molecule has 1 heterocycles. The number of hydrogen-bond acceptors (Lipinski definition) is 4. The lowest BCUT2D eigenvalue weighted by atomic mass is 10.0. The van der Waals surface area contributed by atoms with Gasteiger partial charge in [-0.15, -0.1) is 11.3 Å². The fourth-order valence-electron chi connectivity index (χ4n) is 4.09. The quantitative estimate of drug-likeness (QED) is 0.404. The topological polar surface area (TPSA) is 16.1 Å². The molecule has 0 saturated heterocycles. The van der Waals surface area contributed by atoms with Crippen molar-refractivity contribution in [3.8, 4) is 0 Å². The minimum Gasteiger partial charge on any atom is -0.307 e. The van der Waals surface area contributed by atoms with Crippen LogP contribution in [0.1, 0.15) is 64.2 Å². The average molecular weight is 411 g/mol. The van der Waals surface area contributed by atoms with Gasteiger partial charge in [0.1, 0.15) is 0 Å². The molecule has 0 N–H and O–H groups in total. The molecule has 1 aliphatic carbocycles. The van der Waals surface area contributed by atoms with Gasteiger partial charge in [-0.25, -0.2) is 4.98 Å². The third-order valence-corrected chi connectivity index (χ3v) is 7.88. The molecule has 0 spiro atoms. The van der Waals surface area contributed by atoms with E-state index in [2.05, 4.69) is 58.9 Å². The zero-order chi connectivity index (χ0) is 19.0. The third kappa shape index (κ3) is 5.30. The Morgan fingerprint density at radius 1 is 0.750 bits per heavy atom. The zero-order valence-electron chi connectivity index (χ0n) is 16.6. The van der Waals surface area contributed by atoms with Crippen molar-refractivity contribution in [2.75, 3.05) is 4.31 Å². The Kier molecular flexibility index (Phi) is 7.29. The molecule has 148 valence electrons. The van der Waals surface area contributed by atoms with Crippen molar-refractivity contribution in [2.45, 2.75) is 74.6 Å². The average Bonchev–Trinajstić information content (AvgIpc) is 3.12. The lowest BCUT2D eigenvalue weighted by Crippen LogP contribution is -2.29. The van der Waals surface area contributed by atoms with E-state index in [0.717, 1.165) is 9.86 Å². The van der Waals surface area contributed by atoms with Crippen LogP contribution in [0.5, 0.6) is 0 Å². The summed E-state index contributed by atoms with van der Waals surface area (Å²) in [7, 11) is 0. The predicted octanol–water partition coefficient (Wildman–Crippen LogP) is 8.09. The van der Waals surface area contributed by atoms with E-state index in [-0.39, 0.29) is 0 Å². The molecule has 0 aliphatic heterocycles. The van der Waals surface area contributed by atoms with Crippen LogP contribution in [-0.4, -0.2) is 11.0 Å². The molecule has 0 bridgehead atoms. The van der Waals surface area contributed by atoms with Crippen LogP contribution in [0.4, 0.5) is 5.69 Å². The summed E-state index contributed by atoms with van der Waals surface area (Å²) in [5.74, 6) is 0. The first-order valence-electron chi connectivity index (χ1n) is 10.8. The first-order chi connectivity index (χ1) is 13.9. The summed E-state index contributed by atoms with van der Waals surface area (Å²) in [6.07, 6.45) is 13.7. The number of thiazole rings is 1. The summed E-state index contributed by atoms with van der Waals surface area (Å²) < 4.78 is 5.00. The summed E-state index contributed by atoms with van der Waals surface area (Å²) in [4.78, 5) is 4.90. The van der Waals surface area contributed by atoms with Crippen molar-refractivity contribution in [1.82, 2.24) is 4.98 Å². The third-order valence-electron chi connectivity index (χ3n) is 5.62. The monoisotopic (exact) mass is 410 g/mol. The van der Waals surface area contributed by atoms with Crippen LogP contribution in [-0.2, 0) is 0 Å². The van der Waals surface area contributed by atoms with E-state index in [1.165, 1.54) is 74.6 Å². The summed E-state index contributed by atoms with van der Waals surface area (Å²) in [5.41, 5.74) is 2.43. The van der Waals surface area contributed by atoms with Crippen LogP contribution < -0.4 is 4.31 Å². The van der Waals surface area contributed by atoms with Gasteiger partial charge in [-0.2, -0.15) is 0 Å². The Morgan fingerprint density at radius 3 is 2.04 bits per heavy atom. The highest BCUT2D eigenvalue weighted by Gasteiger charge is 2.22. The Bertz CT molecular complexity index is 801. The summed E-state index contributed by atoms with van der Waals surface area (Å²) in [6.45, 7) is 0. The second-order valence-electron chi connectivity index (χ2n) is 7.76. The highest BCUT2D eigenvalue weighted by atomic mass is 32.2. The van der Waals surface area contributed by atoms with Gasteiger partial charge in [-0.3, -0.25) is 0 Å². The first kappa shape index (κ1) is 19.8. The molecular weight excluding hydrogens is 380 g/mol. The molecule has 4 heteroatoms. The standard InChI is InChI=1S/C24H30N2S2/c1-2-4-6-9-15-20(14-8-5-3-1)26(21-16-10-7-11-17-21)28-24-25-22-18-12-13-19-23(22)27-24/h7,10-13,16-20H,1-6,8-9,14-15H2. The summed E-state index contributed by atoms with van der Waals surface area (Å²) in [6, 6.07) is 20.0. The fraction of sp³-hybridized carbons (Fsp3) is 0.458. The maximum atomic E-state index is 4.90. The van der Waals surface area contributed by atoms with Gasteiger partial charge in [0, 0.05) is 23.7 Å². The van der Waals surface area contributed by atoms with Crippen molar-refractivity contribution in [1.29, 1.82) is 0 Å². The van der Waals surface area contributed by atoms with E-state index in [4.69, 9.17) is 4.98 Å². The lowest BCUT2D eigenvalue weighted by molar-refractivity contribution is 0.515. The highest BCUT2D eigenvalue weighted by molar-refractivity contribution is 8.02. The number of fused-ring (bicyclic) bond motifs is 1. The molecule has 1 aliphatic rings. The molecule has 2 aromatic carbocycles. The molecule has 0 unspecified atom stereocenters. The van der Waals surface area contributed by atoms with E-state index in [1.54, 1.807) is 0 Å². The Labute approximate surface area is 177 Å². The molecule has 3 aromatic rings. The molecule has 1 aromatic heterocycles. The zero-order valence-corrected chi connectivity index (χ0v) is 18.2. The number of para-hydroxylation sites is 2. The van der Waals surface area contributed by atoms with Gasteiger partial charge < -0.3 is 4.31 Å². The van der Waals surface area contributed by atoms with E-state index < -0.39 is 0 Å². The molecule has 28 heavy (non-hydrogen) atoms. The number of benzene rings is 2. The van der Waals surface area contributed by atoms with Gasteiger partial charge in [-0.1, -0.05) is 81.7 Å². The Balaban J connectivity index is 1.58. The molecule has 2 nitrogen and oxygen atoms in total. The van der Waals surface area contributed by atoms with Gasteiger partial charge in [0.25, 0.3) is 0 Å². The minimum absolute atomic E-state index is 0.581. The molecular formula is C24H30N2S2. The number of aromatic nitrogens is 1. The predicted molar refractivity (Wildman–Crippen MR) is 124 cm³/mol. The Hall–Kier alpha value is -1.52. The van der Waals surface area contributed by atoms with Crippen LogP contribution in [0.25, 0.3) is 10.2 Å². The molecule has 1 fully saturated rings. The maximum Gasteiger partial charge on any atom is 0.171 e. The van der Waals surface area contributed by atoms with Crippen molar-refractivity contribution in [2.24, 2.45) is 0 Å². The second-order valence-corrected chi connectivity index (χ2v) is 10.0. The lowest BCUT2D eigenvalue weighted by Gasteiger charge is -2.32. The van der Waals surface area contributed by atoms with Crippen LogP contribution >= 0.6 is 23.3 Å². The molecule has 1 saturated carbocycles. The number of nitrogens with zero attached hydrogens (tertiary/aromatic N) is 2. The second kappa shape index (κ2) is 10.3. The number of rotatable bonds is 4. The summed E-state index contributed by atoms with van der Waals surface area (Å²) in [5, 5.41) is 0. The van der Waals surface area contributed by atoms with E-state index in [0.29, 0.717) is 6.04 Å². The van der Waals surface area contributed by atoms with Gasteiger partial charge in [0.2, 0.25) is 0 Å². The van der Waals surface area contributed by atoms with E-state index in [1.807, 2.05) is 23.3 Å². The van der Waals surface area contributed by atoms with Crippen molar-refractivity contribution in [3.05, 3.63) is 54.6 Å². The van der Waals surface area contributed by atoms with Crippen LogP contribution in [0.15, 0.2) is 58.9 Å². The minimum atomic E-state index is 0.581. The SMILES string of the molecule is c1ccc(N(Sc2nc3ccccc3s2)C2CCCCCCCCCC2)cc1. The van der Waals surface area contributed by atoms with Gasteiger partial charge >= 0.3 is 0 Å². The number of anilines is 1. The van der Waals surface area contributed by atoms with E-state index >= 15 is 0 Å². The van der Waals surface area contributed by atoms with E-state index in [9.17, 15) is 0 Å². The van der Waals surface area contributed by atoms with Crippen LogP contribution in [0, 0.1) is 0 Å². The smallest absolute Gasteiger partial charge is 0.171 e. The van der Waals surface area contributed by atoms with Crippen LogP contribution in [0.3, 0.4) is 0 Å². The Morgan fingerprint density at radius 2 is 1.36 bits per heavy atom. The van der Waals surface area contributed by atoms with Crippen molar-refractivity contribution < 1.29 is 0 Å². The molecule has 0 amide bonds. The summed E-state index contributed by atoms with van der Waals surface area (Å²) >= 11 is 3.66. The largest absolute Gasteiger partial charge is 0.307 e. The number of hydrogen-bond donors (Lipinski definition) is 0. The first-order valence-corrected chi connectivity index (χ1v) is 12.4. The maximum absolute atomic E-state index is 4.90. The molecule has 0 radical (unpaired) electrons. The van der Waals surface area contributed by atoms with Crippen LogP contribution in [0.2, 0.25) is 0 Å². The van der Waals surface area contributed by atoms with Gasteiger partial charge in [-0.05, 0) is 37.1 Å². The highest BCUT2D eigenvalue weighted by Crippen LogP contribution is 2.38. The van der Waals surface area contributed by atoms with Gasteiger partial charge in [0.15, 0.2) is 4.34 Å². The molecule has 4 rings (SSSR count). The van der Waals surface area contributed by atoms with Gasteiger partial charge in [0.05, 0.1) is 10.2 Å². The van der Waals surface area contributed by atoms with Crippen molar-refractivity contribution >= 4 is 39.2 Å². The fourth-order valence-corrected chi connectivity index (χ4v) is 6.34. The van der Waals surface area contributed by atoms with Crippen molar-refractivity contribution in [3.63, 3.8) is 0 Å². The molecule has 0 atom stereocenters. The normalized spacial score (nSPS) is 17.3.